The van der Waals surface area contributed by atoms with E-state index in [2.05, 4.69) is 27.3 Å². The number of fused-ring (bicyclic) bond motifs is 5. The number of benzene rings is 4. The minimum absolute atomic E-state index is 0.0418. The van der Waals surface area contributed by atoms with Crippen molar-refractivity contribution < 1.29 is 43.2 Å². The molecule has 3 aliphatic rings. The SMILES string of the molecule is COc1cc2c(cc1OCc1cc(COC(C)C(NC(O)[C@@H]3Cc4ccccc4N3C(C)=O)[C@@H](C)OC)cc(NC(=O)[C@@H](C)NC(=O)[C@H](C)N)c1)NC[C@@H]1Cc3ccccc3N1C2=O. The highest BCUT2D eigenvalue weighted by atomic mass is 16.5. The van der Waals surface area contributed by atoms with E-state index in [1.807, 2.05) is 67.3 Å². The van der Waals surface area contributed by atoms with E-state index in [4.69, 9.17) is 24.7 Å². The van der Waals surface area contributed by atoms with Crippen molar-refractivity contribution in [3.8, 4) is 11.5 Å². The lowest BCUT2D eigenvalue weighted by Crippen LogP contribution is -2.58. The first kappa shape index (κ1) is 46.0. The number of hydrogen-bond donors (Lipinski definition) is 6. The molecule has 8 atom stereocenters. The fourth-order valence-corrected chi connectivity index (χ4v) is 8.74. The fourth-order valence-electron chi connectivity index (χ4n) is 8.74. The average Bonchev–Trinajstić information content (AvgIpc) is 3.83. The minimum Gasteiger partial charge on any atom is -0.493 e. The summed E-state index contributed by atoms with van der Waals surface area (Å²) >= 11 is 0. The number of anilines is 4. The van der Waals surface area contributed by atoms with Crippen molar-refractivity contribution in [1.29, 1.82) is 0 Å². The van der Waals surface area contributed by atoms with Crippen LogP contribution in [0, 0.1) is 0 Å². The van der Waals surface area contributed by atoms with E-state index in [0.717, 1.165) is 28.9 Å². The molecule has 64 heavy (non-hydrogen) atoms. The molecule has 0 spiro atoms. The van der Waals surface area contributed by atoms with E-state index >= 15 is 0 Å². The lowest BCUT2D eigenvalue weighted by molar-refractivity contribution is -0.126. The zero-order chi connectivity index (χ0) is 45.8. The quantitative estimate of drug-likeness (QED) is 0.0824. The molecule has 0 radical (unpaired) electrons. The molecule has 16 nitrogen and oxygen atoms in total. The second kappa shape index (κ2) is 19.8. The highest BCUT2D eigenvalue weighted by Gasteiger charge is 2.40. The second-order valence-electron chi connectivity index (χ2n) is 16.8. The second-order valence-corrected chi connectivity index (χ2v) is 16.8. The van der Waals surface area contributed by atoms with E-state index in [9.17, 15) is 24.3 Å². The molecule has 3 heterocycles. The first-order chi connectivity index (χ1) is 30.7. The van der Waals surface area contributed by atoms with Gasteiger partial charge in [0.25, 0.3) is 5.91 Å². The normalized spacial score (nSPS) is 19.0. The lowest BCUT2D eigenvalue weighted by atomic mass is 10.0. The molecule has 0 saturated heterocycles. The maximum absolute atomic E-state index is 14.0. The summed E-state index contributed by atoms with van der Waals surface area (Å²) in [5.41, 5.74) is 12.4. The Bertz CT molecular complexity index is 2380. The molecule has 4 amide bonds. The Morgan fingerprint density at radius 2 is 1.53 bits per heavy atom. The summed E-state index contributed by atoms with van der Waals surface area (Å²) in [5, 5.41) is 23.9. The Hall–Kier alpha value is -6.04. The van der Waals surface area contributed by atoms with Gasteiger partial charge in [-0.2, -0.15) is 0 Å². The van der Waals surface area contributed by atoms with Gasteiger partial charge in [0.05, 0.1) is 61.3 Å². The Kier molecular flexibility index (Phi) is 14.2. The first-order valence-corrected chi connectivity index (χ1v) is 21.6. The van der Waals surface area contributed by atoms with Gasteiger partial charge in [0.15, 0.2) is 11.5 Å². The third-order valence-electron chi connectivity index (χ3n) is 12.2. The molecule has 0 saturated carbocycles. The summed E-state index contributed by atoms with van der Waals surface area (Å²) < 4.78 is 24.4. The topological polar surface area (TPSA) is 206 Å². The smallest absolute Gasteiger partial charge is 0.260 e. The fraction of sp³-hybridized carbons (Fsp3) is 0.417. The molecular formula is C48H59N7O9. The van der Waals surface area contributed by atoms with Gasteiger partial charge in [0, 0.05) is 43.7 Å². The van der Waals surface area contributed by atoms with Crippen LogP contribution in [0.15, 0.2) is 78.9 Å². The number of hydrogen-bond acceptors (Lipinski definition) is 12. The van der Waals surface area contributed by atoms with Crippen LogP contribution in [0.25, 0.3) is 0 Å². The average molecular weight is 878 g/mol. The highest BCUT2D eigenvalue weighted by molar-refractivity contribution is 6.12. The number of amides is 4. The molecule has 3 aliphatic heterocycles. The molecule has 0 fully saturated rings. The molecule has 3 unspecified atom stereocenters. The minimum atomic E-state index is -1.11. The maximum Gasteiger partial charge on any atom is 0.260 e. The van der Waals surface area contributed by atoms with Crippen LogP contribution < -0.4 is 46.3 Å². The van der Waals surface area contributed by atoms with Crippen molar-refractivity contribution in [3.05, 3.63) is 107 Å². The van der Waals surface area contributed by atoms with Crippen LogP contribution in [0.5, 0.6) is 11.5 Å². The van der Waals surface area contributed by atoms with Crippen molar-refractivity contribution in [2.24, 2.45) is 5.73 Å². The molecule has 7 rings (SSSR count). The van der Waals surface area contributed by atoms with Gasteiger partial charge >= 0.3 is 0 Å². The van der Waals surface area contributed by atoms with Crippen LogP contribution in [-0.2, 0) is 49.9 Å². The molecule has 7 N–H and O–H groups in total. The molecule has 16 heteroatoms. The van der Waals surface area contributed by atoms with Gasteiger partial charge in [-0.3, -0.25) is 24.5 Å². The molecule has 4 aromatic rings. The zero-order valence-electron chi connectivity index (χ0n) is 37.3. The number of ether oxygens (including phenoxy) is 4. The monoisotopic (exact) mass is 877 g/mol. The van der Waals surface area contributed by atoms with Gasteiger partial charge in [0.1, 0.15) is 18.9 Å². The summed E-state index contributed by atoms with van der Waals surface area (Å²) in [7, 11) is 3.10. The van der Waals surface area contributed by atoms with Gasteiger partial charge in [-0.05, 0) is 99.2 Å². The van der Waals surface area contributed by atoms with Gasteiger partial charge in [0.2, 0.25) is 17.7 Å². The van der Waals surface area contributed by atoms with Crippen LogP contribution in [0.3, 0.4) is 0 Å². The van der Waals surface area contributed by atoms with E-state index in [0.29, 0.717) is 52.5 Å². The van der Waals surface area contributed by atoms with Crippen molar-refractivity contribution in [2.45, 2.75) is 109 Å². The number of carbonyl (C=O) groups is 4. The van der Waals surface area contributed by atoms with Crippen LogP contribution in [0.1, 0.15) is 67.2 Å². The van der Waals surface area contributed by atoms with Gasteiger partial charge in [-0.1, -0.05) is 36.4 Å². The van der Waals surface area contributed by atoms with E-state index in [1.54, 1.807) is 43.2 Å². The number of aliphatic hydroxyl groups is 1. The molecule has 0 aromatic heterocycles. The molecule has 0 bridgehead atoms. The number of nitrogens with two attached hydrogens (primary N) is 1. The maximum atomic E-state index is 14.0. The van der Waals surface area contributed by atoms with Crippen LogP contribution in [0.4, 0.5) is 22.7 Å². The van der Waals surface area contributed by atoms with Crippen LogP contribution >= 0.6 is 0 Å². The third-order valence-corrected chi connectivity index (χ3v) is 12.2. The summed E-state index contributed by atoms with van der Waals surface area (Å²) in [4.78, 5) is 55.9. The zero-order valence-corrected chi connectivity index (χ0v) is 37.3. The standard InChI is InChI=1S/C48H59N7O9/c1-26(49)45(57)51-27(2)46(58)52-35-17-31(24-63-29(4)44(28(3)61-6)53-47(59)41-20-34-13-9-10-14-39(34)54(41)30(5)56)16-32(18-35)25-64-43-22-38-37(21-42(43)62-7)48(60)55-36(23-50-38)19-33-12-8-11-15-40(33)55/h8-18,21-22,26-29,36,41,44,47,50,53,59H,19-20,23-25,49H2,1-7H3,(H,51,57)(H,52,58)/t26-,27+,28+,29?,36-,41-,44?,47?/m0/s1. The van der Waals surface area contributed by atoms with Crippen molar-refractivity contribution in [3.63, 3.8) is 0 Å². The predicted octanol–water partition coefficient (Wildman–Crippen LogP) is 4.26. The van der Waals surface area contributed by atoms with Gasteiger partial charge in [-0.25, -0.2) is 0 Å². The lowest BCUT2D eigenvalue weighted by Gasteiger charge is -2.35. The van der Waals surface area contributed by atoms with E-state index < -0.39 is 54.4 Å². The Balaban J connectivity index is 1.10. The Morgan fingerprint density at radius 1 is 0.859 bits per heavy atom. The molecule has 4 aromatic carbocycles. The Labute approximate surface area is 373 Å². The van der Waals surface area contributed by atoms with Crippen molar-refractivity contribution in [1.82, 2.24) is 10.6 Å². The number of nitrogens with zero attached hydrogens (tertiary/aromatic N) is 2. The number of rotatable bonds is 17. The van der Waals surface area contributed by atoms with Crippen molar-refractivity contribution >= 4 is 46.4 Å². The molecular weight excluding hydrogens is 819 g/mol. The van der Waals surface area contributed by atoms with Crippen molar-refractivity contribution in [2.75, 3.05) is 41.2 Å². The van der Waals surface area contributed by atoms with E-state index in [1.165, 1.54) is 21.0 Å². The largest absolute Gasteiger partial charge is 0.493 e. The van der Waals surface area contributed by atoms with Gasteiger partial charge < -0.3 is 55.5 Å². The Morgan fingerprint density at radius 3 is 2.20 bits per heavy atom. The first-order valence-electron chi connectivity index (χ1n) is 21.6. The third kappa shape index (κ3) is 9.86. The van der Waals surface area contributed by atoms with Crippen LogP contribution in [0.2, 0.25) is 0 Å². The summed E-state index contributed by atoms with van der Waals surface area (Å²) in [6, 6.07) is 21.7. The number of methoxy groups -OCH3 is 2. The number of para-hydroxylation sites is 2. The molecule has 0 aliphatic carbocycles. The predicted molar refractivity (Wildman–Crippen MR) is 244 cm³/mol. The number of aliphatic hydroxyl groups excluding tert-OH is 1. The van der Waals surface area contributed by atoms with Gasteiger partial charge in [-0.15, -0.1) is 0 Å². The summed E-state index contributed by atoms with van der Waals surface area (Å²) in [6.45, 7) is 9.02. The summed E-state index contributed by atoms with van der Waals surface area (Å²) in [6.07, 6.45) is -0.809. The summed E-state index contributed by atoms with van der Waals surface area (Å²) in [5.74, 6) is -0.433. The highest BCUT2D eigenvalue weighted by Crippen LogP contribution is 2.41. The van der Waals surface area contributed by atoms with Crippen LogP contribution in [-0.4, -0.2) is 98.1 Å². The van der Waals surface area contributed by atoms with E-state index in [-0.39, 0.29) is 31.1 Å². The number of nitrogens with one attached hydrogen (secondary N) is 4. The number of carbonyl (C=O) groups excluding carboxylic acids is 4. The molecule has 340 valence electrons.